The van der Waals surface area contributed by atoms with E-state index < -0.39 is 0 Å². The minimum Gasteiger partial charge on any atom is -0.347 e. The van der Waals surface area contributed by atoms with Gasteiger partial charge in [-0.25, -0.2) is 4.98 Å². The molecule has 0 aliphatic carbocycles. The lowest BCUT2D eigenvalue weighted by Crippen LogP contribution is -2.40. The number of rotatable bonds is 4. The Morgan fingerprint density at radius 1 is 1.00 bits per heavy atom. The summed E-state index contributed by atoms with van der Waals surface area (Å²) in [6.07, 6.45) is 0. The van der Waals surface area contributed by atoms with Crippen LogP contribution < -0.4 is 10.6 Å². The normalized spacial score (nSPS) is 11.2. The zero-order valence-electron chi connectivity index (χ0n) is 14.7. The molecule has 0 spiro atoms. The van der Waals surface area contributed by atoms with Crippen molar-refractivity contribution >= 4 is 40.2 Å². The van der Waals surface area contributed by atoms with E-state index in [1.807, 2.05) is 38.3 Å². The number of thiophene rings is 1. The number of nitrogens with one attached hydrogen (secondary N) is 2. The van der Waals surface area contributed by atoms with Gasteiger partial charge in [-0.1, -0.05) is 18.2 Å². The molecule has 0 unspecified atom stereocenters. The first-order valence-electron chi connectivity index (χ1n) is 8.06. The molecule has 0 bridgehead atoms. The standard InChI is InChI=1S/C19H19N3O2S2/c1-19(2,3)22-16(23)12-7-4-5-8-13(12)20-17(24)14-11-26-18(21-14)15-9-6-10-25-15/h4-11H,1-3H3,(H,20,24)(H,22,23). The number of aromatic nitrogens is 1. The van der Waals surface area contributed by atoms with Crippen LogP contribution in [0.1, 0.15) is 41.6 Å². The third kappa shape index (κ3) is 4.36. The number of hydrogen-bond acceptors (Lipinski definition) is 5. The molecule has 2 aromatic heterocycles. The number of nitrogens with zero attached hydrogens (tertiary/aromatic N) is 1. The molecule has 2 heterocycles. The summed E-state index contributed by atoms with van der Waals surface area (Å²) in [5.74, 6) is -0.564. The van der Waals surface area contributed by atoms with Gasteiger partial charge in [0.25, 0.3) is 11.8 Å². The van der Waals surface area contributed by atoms with E-state index in [2.05, 4.69) is 15.6 Å². The molecule has 26 heavy (non-hydrogen) atoms. The number of hydrogen-bond donors (Lipinski definition) is 2. The first kappa shape index (κ1) is 18.3. The fraction of sp³-hybridized carbons (Fsp3) is 0.211. The Balaban J connectivity index is 1.79. The van der Waals surface area contributed by atoms with E-state index in [0.29, 0.717) is 16.9 Å². The number of thiazole rings is 1. The second-order valence-electron chi connectivity index (χ2n) is 6.72. The van der Waals surface area contributed by atoms with Crippen molar-refractivity contribution in [2.75, 3.05) is 5.32 Å². The van der Waals surface area contributed by atoms with E-state index in [1.165, 1.54) is 11.3 Å². The fourth-order valence-electron chi connectivity index (χ4n) is 2.28. The number of anilines is 1. The van der Waals surface area contributed by atoms with E-state index in [9.17, 15) is 9.59 Å². The fourth-order valence-corrected chi connectivity index (χ4v) is 3.89. The molecule has 2 N–H and O–H groups in total. The van der Waals surface area contributed by atoms with Crippen LogP contribution in [0, 0.1) is 0 Å². The Morgan fingerprint density at radius 3 is 2.46 bits per heavy atom. The summed E-state index contributed by atoms with van der Waals surface area (Å²) in [6.45, 7) is 5.73. The Kier molecular flexibility index (Phi) is 5.20. The highest BCUT2D eigenvalue weighted by Crippen LogP contribution is 2.28. The Bertz CT molecular complexity index is 924. The average Bonchev–Trinajstić information content (AvgIpc) is 3.25. The number of carbonyl (C=O) groups is 2. The van der Waals surface area contributed by atoms with Crippen LogP contribution in [0.25, 0.3) is 9.88 Å². The molecule has 0 saturated carbocycles. The Labute approximate surface area is 160 Å². The predicted octanol–water partition coefficient (Wildman–Crippen LogP) is 4.65. The van der Waals surface area contributed by atoms with Crippen molar-refractivity contribution in [1.82, 2.24) is 10.3 Å². The van der Waals surface area contributed by atoms with Crippen molar-refractivity contribution in [3.63, 3.8) is 0 Å². The third-order valence-electron chi connectivity index (χ3n) is 3.38. The van der Waals surface area contributed by atoms with Crippen LogP contribution in [0.4, 0.5) is 5.69 Å². The molecule has 0 atom stereocenters. The molecule has 0 saturated heterocycles. The molecule has 0 radical (unpaired) electrons. The molecule has 7 heteroatoms. The van der Waals surface area contributed by atoms with Crippen molar-refractivity contribution in [2.24, 2.45) is 0 Å². The first-order chi connectivity index (χ1) is 12.3. The van der Waals surface area contributed by atoms with E-state index in [-0.39, 0.29) is 17.4 Å². The highest BCUT2D eigenvalue weighted by molar-refractivity contribution is 7.20. The quantitative estimate of drug-likeness (QED) is 0.686. The maximum atomic E-state index is 12.6. The van der Waals surface area contributed by atoms with E-state index in [4.69, 9.17) is 0 Å². The van der Waals surface area contributed by atoms with Gasteiger partial charge in [0.15, 0.2) is 0 Å². The largest absolute Gasteiger partial charge is 0.347 e. The van der Waals surface area contributed by atoms with Crippen LogP contribution >= 0.6 is 22.7 Å². The minimum atomic E-state index is -0.362. The zero-order chi connectivity index (χ0) is 18.7. The van der Waals surface area contributed by atoms with Gasteiger partial charge in [-0.15, -0.1) is 22.7 Å². The van der Waals surface area contributed by atoms with Gasteiger partial charge in [-0.2, -0.15) is 0 Å². The summed E-state index contributed by atoms with van der Waals surface area (Å²) in [4.78, 5) is 30.5. The summed E-state index contributed by atoms with van der Waals surface area (Å²) in [5, 5.41) is 10.2. The van der Waals surface area contributed by atoms with Crippen LogP contribution in [-0.2, 0) is 0 Å². The van der Waals surface area contributed by atoms with E-state index >= 15 is 0 Å². The number of amides is 2. The summed E-state index contributed by atoms with van der Waals surface area (Å²) < 4.78 is 0. The van der Waals surface area contributed by atoms with Gasteiger partial charge in [-0.3, -0.25) is 9.59 Å². The van der Waals surface area contributed by atoms with Gasteiger partial charge >= 0.3 is 0 Å². The molecule has 2 amide bonds. The van der Waals surface area contributed by atoms with Crippen molar-refractivity contribution in [3.8, 4) is 9.88 Å². The van der Waals surface area contributed by atoms with Crippen LogP contribution in [-0.4, -0.2) is 22.3 Å². The zero-order valence-corrected chi connectivity index (χ0v) is 16.3. The summed E-state index contributed by atoms with van der Waals surface area (Å²) >= 11 is 3.00. The monoisotopic (exact) mass is 385 g/mol. The molecule has 3 aromatic rings. The van der Waals surface area contributed by atoms with Crippen LogP contribution in [0.5, 0.6) is 0 Å². The molecule has 0 aliphatic rings. The van der Waals surface area contributed by atoms with Gasteiger partial charge in [0.1, 0.15) is 10.7 Å². The number of para-hydroxylation sites is 1. The maximum absolute atomic E-state index is 12.6. The second-order valence-corrected chi connectivity index (χ2v) is 8.52. The summed E-state index contributed by atoms with van der Waals surface area (Å²) in [5.41, 5.74) is 0.859. The van der Waals surface area contributed by atoms with Crippen molar-refractivity contribution in [3.05, 3.63) is 58.4 Å². The maximum Gasteiger partial charge on any atom is 0.275 e. The number of benzene rings is 1. The van der Waals surface area contributed by atoms with Gasteiger partial charge in [0.05, 0.1) is 16.1 Å². The van der Waals surface area contributed by atoms with E-state index in [0.717, 1.165) is 9.88 Å². The SMILES string of the molecule is CC(C)(C)NC(=O)c1ccccc1NC(=O)c1csc(-c2cccs2)n1. The predicted molar refractivity (Wildman–Crippen MR) is 107 cm³/mol. The van der Waals surface area contributed by atoms with Gasteiger partial charge in [0, 0.05) is 10.9 Å². The molecule has 0 fully saturated rings. The minimum absolute atomic E-state index is 0.231. The summed E-state index contributed by atoms with van der Waals surface area (Å²) in [6, 6.07) is 10.9. The van der Waals surface area contributed by atoms with E-state index in [1.54, 1.807) is 41.0 Å². The first-order valence-corrected chi connectivity index (χ1v) is 9.82. The smallest absolute Gasteiger partial charge is 0.275 e. The highest BCUT2D eigenvalue weighted by atomic mass is 32.1. The Morgan fingerprint density at radius 2 is 1.77 bits per heavy atom. The lowest BCUT2D eigenvalue weighted by atomic mass is 10.1. The molecular weight excluding hydrogens is 366 g/mol. The number of carbonyl (C=O) groups excluding carboxylic acids is 2. The van der Waals surface area contributed by atoms with Gasteiger partial charge in [-0.05, 0) is 44.4 Å². The van der Waals surface area contributed by atoms with Gasteiger partial charge < -0.3 is 10.6 Å². The molecular formula is C19H19N3O2S2. The molecule has 134 valence electrons. The highest BCUT2D eigenvalue weighted by Gasteiger charge is 2.20. The van der Waals surface area contributed by atoms with Crippen LogP contribution in [0.3, 0.4) is 0 Å². The Hall–Kier alpha value is -2.51. The summed E-state index contributed by atoms with van der Waals surface area (Å²) in [7, 11) is 0. The molecule has 5 nitrogen and oxygen atoms in total. The third-order valence-corrected chi connectivity index (χ3v) is 5.26. The lowest BCUT2D eigenvalue weighted by Gasteiger charge is -2.21. The van der Waals surface area contributed by atoms with Crippen molar-refractivity contribution in [1.29, 1.82) is 0 Å². The van der Waals surface area contributed by atoms with Crippen molar-refractivity contribution in [2.45, 2.75) is 26.3 Å². The van der Waals surface area contributed by atoms with Gasteiger partial charge in [0.2, 0.25) is 0 Å². The van der Waals surface area contributed by atoms with Crippen LogP contribution in [0.2, 0.25) is 0 Å². The average molecular weight is 386 g/mol. The lowest BCUT2D eigenvalue weighted by molar-refractivity contribution is 0.0920. The molecule has 0 aliphatic heterocycles. The van der Waals surface area contributed by atoms with Crippen molar-refractivity contribution < 1.29 is 9.59 Å². The molecule has 3 rings (SSSR count). The second kappa shape index (κ2) is 7.39. The van der Waals surface area contributed by atoms with Crippen LogP contribution in [0.15, 0.2) is 47.2 Å². The molecule has 1 aromatic carbocycles. The topological polar surface area (TPSA) is 71.1 Å².